The van der Waals surface area contributed by atoms with Crippen molar-refractivity contribution in [2.45, 2.75) is 6.92 Å². The summed E-state index contributed by atoms with van der Waals surface area (Å²) in [5.74, 6) is 2.47. The molecular weight excluding hydrogens is 338 g/mol. The molecule has 1 fully saturated rings. The smallest absolute Gasteiger partial charge is 0.231 e. The van der Waals surface area contributed by atoms with Gasteiger partial charge in [0.25, 0.3) is 0 Å². The molecule has 0 aliphatic carbocycles. The number of hydrogen-bond acceptors (Lipinski definition) is 7. The Morgan fingerprint density at radius 3 is 2.22 bits per heavy atom. The lowest BCUT2D eigenvalue weighted by molar-refractivity contribution is 0.633. The van der Waals surface area contributed by atoms with Crippen LogP contribution in [0.2, 0.25) is 0 Å². The molecule has 2 aromatic heterocycles. The second-order valence-electron chi connectivity index (χ2n) is 6.58. The van der Waals surface area contributed by atoms with Crippen LogP contribution in [0.3, 0.4) is 0 Å². The topological polar surface area (TPSA) is 61.3 Å². The number of anilines is 4. The molecule has 1 aliphatic heterocycles. The lowest BCUT2D eigenvalue weighted by Crippen LogP contribution is -2.47. The van der Waals surface area contributed by atoms with Crippen LogP contribution in [0.15, 0.2) is 54.9 Å². The summed E-state index contributed by atoms with van der Waals surface area (Å²) in [6.07, 6.45) is 3.57. The molecule has 1 aliphatic rings. The number of aromatic nitrogens is 4. The van der Waals surface area contributed by atoms with Crippen molar-refractivity contribution in [3.05, 3.63) is 60.6 Å². The zero-order chi connectivity index (χ0) is 18.6. The van der Waals surface area contributed by atoms with Gasteiger partial charge in [0, 0.05) is 63.1 Å². The summed E-state index contributed by atoms with van der Waals surface area (Å²) in [4.78, 5) is 24.7. The van der Waals surface area contributed by atoms with E-state index >= 15 is 0 Å². The highest BCUT2D eigenvalue weighted by atomic mass is 15.3. The monoisotopic (exact) mass is 361 g/mol. The minimum absolute atomic E-state index is 0.713. The van der Waals surface area contributed by atoms with Crippen molar-refractivity contribution >= 4 is 23.4 Å². The minimum Gasteiger partial charge on any atom is -0.353 e. The van der Waals surface area contributed by atoms with Crippen LogP contribution in [0.1, 0.15) is 5.69 Å². The largest absolute Gasteiger partial charge is 0.353 e. The minimum atomic E-state index is 0.713. The summed E-state index contributed by atoms with van der Waals surface area (Å²) in [6.45, 7) is 5.52. The molecule has 3 heterocycles. The quantitative estimate of drug-likeness (QED) is 0.708. The fourth-order valence-electron chi connectivity index (χ4n) is 3.21. The fourth-order valence-corrected chi connectivity index (χ4v) is 3.21. The first kappa shape index (κ1) is 17.2. The van der Waals surface area contributed by atoms with E-state index in [9.17, 15) is 0 Å². The summed E-state index contributed by atoms with van der Waals surface area (Å²) in [5, 5.41) is 0. The highest BCUT2D eigenvalue weighted by Crippen LogP contribution is 2.24. The number of hydrogen-bond donors (Lipinski definition) is 0. The van der Waals surface area contributed by atoms with E-state index in [4.69, 9.17) is 4.98 Å². The van der Waals surface area contributed by atoms with Crippen LogP contribution >= 0.6 is 0 Å². The van der Waals surface area contributed by atoms with E-state index in [0.29, 0.717) is 5.95 Å². The highest BCUT2D eigenvalue weighted by Gasteiger charge is 2.21. The Hall–Kier alpha value is -3.22. The third-order valence-electron chi connectivity index (χ3n) is 4.71. The molecule has 4 rings (SSSR count). The van der Waals surface area contributed by atoms with E-state index < -0.39 is 0 Å². The van der Waals surface area contributed by atoms with Crippen molar-refractivity contribution in [3.8, 4) is 0 Å². The van der Waals surface area contributed by atoms with Gasteiger partial charge in [-0.15, -0.1) is 0 Å². The van der Waals surface area contributed by atoms with Crippen LogP contribution in [-0.4, -0.2) is 53.2 Å². The zero-order valence-corrected chi connectivity index (χ0v) is 15.7. The Morgan fingerprint density at radius 1 is 0.852 bits per heavy atom. The predicted octanol–water partition coefficient (Wildman–Crippen LogP) is 2.67. The van der Waals surface area contributed by atoms with Crippen molar-refractivity contribution in [1.29, 1.82) is 0 Å². The summed E-state index contributed by atoms with van der Waals surface area (Å²) in [7, 11) is 2.00. The number of piperazine rings is 1. The van der Waals surface area contributed by atoms with Gasteiger partial charge in [0.05, 0.1) is 0 Å². The Kier molecular flexibility index (Phi) is 4.82. The van der Waals surface area contributed by atoms with Crippen LogP contribution in [0.4, 0.5) is 23.4 Å². The van der Waals surface area contributed by atoms with Crippen molar-refractivity contribution < 1.29 is 0 Å². The Bertz CT molecular complexity index is 877. The molecule has 0 atom stereocenters. The van der Waals surface area contributed by atoms with Gasteiger partial charge in [-0.05, 0) is 25.1 Å². The molecule has 0 spiro atoms. The molecule has 27 heavy (non-hydrogen) atoms. The number of para-hydroxylation sites is 1. The molecule has 0 unspecified atom stereocenters. The summed E-state index contributed by atoms with van der Waals surface area (Å²) >= 11 is 0. The fraction of sp³-hybridized carbons (Fsp3) is 0.300. The first-order chi connectivity index (χ1) is 13.2. The SMILES string of the molecule is Cc1cc(N2CCN(c3ncccn3)CC2)nc(N(C)c2ccccc2)n1. The Morgan fingerprint density at radius 2 is 1.52 bits per heavy atom. The number of aryl methyl sites for hydroxylation is 1. The molecule has 7 nitrogen and oxygen atoms in total. The molecule has 3 aromatic rings. The van der Waals surface area contributed by atoms with Gasteiger partial charge < -0.3 is 14.7 Å². The van der Waals surface area contributed by atoms with Crippen molar-refractivity contribution in [2.24, 2.45) is 0 Å². The van der Waals surface area contributed by atoms with Gasteiger partial charge in [-0.25, -0.2) is 15.0 Å². The number of benzene rings is 1. The molecular formula is C20H23N7. The second-order valence-corrected chi connectivity index (χ2v) is 6.58. The van der Waals surface area contributed by atoms with E-state index in [-0.39, 0.29) is 0 Å². The maximum absolute atomic E-state index is 4.82. The van der Waals surface area contributed by atoms with E-state index in [2.05, 4.69) is 43.0 Å². The van der Waals surface area contributed by atoms with Crippen LogP contribution in [0, 0.1) is 6.92 Å². The first-order valence-corrected chi connectivity index (χ1v) is 9.12. The molecule has 0 bridgehead atoms. The van der Waals surface area contributed by atoms with Crippen molar-refractivity contribution in [3.63, 3.8) is 0 Å². The van der Waals surface area contributed by atoms with Crippen molar-refractivity contribution in [2.75, 3.05) is 47.9 Å². The molecule has 0 amide bonds. The number of rotatable bonds is 4. The van der Waals surface area contributed by atoms with Crippen LogP contribution in [0.5, 0.6) is 0 Å². The molecule has 1 aromatic carbocycles. The van der Waals surface area contributed by atoms with E-state index in [1.54, 1.807) is 12.4 Å². The number of nitrogens with zero attached hydrogens (tertiary/aromatic N) is 7. The molecule has 0 radical (unpaired) electrons. The molecule has 0 saturated carbocycles. The Balaban J connectivity index is 1.51. The van der Waals surface area contributed by atoms with Gasteiger partial charge >= 0.3 is 0 Å². The lowest BCUT2D eigenvalue weighted by Gasteiger charge is -2.35. The van der Waals surface area contributed by atoms with Gasteiger partial charge in [0.15, 0.2) is 0 Å². The van der Waals surface area contributed by atoms with E-state index in [1.807, 2.05) is 43.1 Å². The first-order valence-electron chi connectivity index (χ1n) is 9.12. The maximum atomic E-state index is 4.82. The average molecular weight is 361 g/mol. The van der Waals surface area contributed by atoms with E-state index in [1.165, 1.54) is 0 Å². The van der Waals surface area contributed by atoms with Crippen molar-refractivity contribution in [1.82, 2.24) is 19.9 Å². The van der Waals surface area contributed by atoms with Gasteiger partial charge in [-0.2, -0.15) is 4.98 Å². The third-order valence-corrected chi connectivity index (χ3v) is 4.71. The predicted molar refractivity (Wildman–Crippen MR) is 108 cm³/mol. The standard InChI is InChI=1S/C20H23N7/c1-16-15-18(24-20(23-16)25(2)17-7-4-3-5-8-17)26-11-13-27(14-12-26)19-21-9-6-10-22-19/h3-10,15H,11-14H2,1-2H3. The van der Waals surface area contributed by atoms with Gasteiger partial charge in [0.2, 0.25) is 11.9 Å². The zero-order valence-electron chi connectivity index (χ0n) is 15.7. The third kappa shape index (κ3) is 3.81. The van der Waals surface area contributed by atoms with Crippen LogP contribution in [0.25, 0.3) is 0 Å². The molecule has 7 heteroatoms. The highest BCUT2D eigenvalue weighted by molar-refractivity contribution is 5.58. The summed E-state index contributed by atoms with van der Waals surface area (Å²) in [5.41, 5.74) is 2.03. The maximum Gasteiger partial charge on any atom is 0.231 e. The molecule has 138 valence electrons. The average Bonchev–Trinajstić information content (AvgIpc) is 2.74. The summed E-state index contributed by atoms with van der Waals surface area (Å²) < 4.78 is 0. The normalized spacial score (nSPS) is 14.3. The van der Waals surface area contributed by atoms with Gasteiger partial charge in [-0.1, -0.05) is 18.2 Å². The molecule has 0 N–H and O–H groups in total. The summed E-state index contributed by atoms with van der Waals surface area (Å²) in [6, 6.07) is 14.1. The lowest BCUT2D eigenvalue weighted by atomic mass is 10.3. The Labute approximate surface area is 159 Å². The van der Waals surface area contributed by atoms with Crippen LogP contribution in [-0.2, 0) is 0 Å². The molecule has 1 saturated heterocycles. The van der Waals surface area contributed by atoms with Gasteiger partial charge in [0.1, 0.15) is 5.82 Å². The van der Waals surface area contributed by atoms with Crippen LogP contribution < -0.4 is 14.7 Å². The second kappa shape index (κ2) is 7.57. The van der Waals surface area contributed by atoms with Gasteiger partial charge in [-0.3, -0.25) is 0 Å². The van der Waals surface area contributed by atoms with E-state index in [0.717, 1.165) is 49.3 Å².